The molecule has 0 aromatic carbocycles. The molecule has 2 heterocycles. The van der Waals surface area contributed by atoms with E-state index in [1.54, 1.807) is 19.1 Å². The summed E-state index contributed by atoms with van der Waals surface area (Å²) in [6.07, 6.45) is 3.59. The standard InChI is InChI=1S/C10H16N6O/c1-15(2)14-13-9-8(11-7-12-9)10(17)16-5-3-4-6-16/h7H,3-6H2,1-2H3,(H,11,12)/b14-13+. The molecule has 1 amide bonds. The van der Waals surface area contributed by atoms with Crippen LogP contribution in [0.1, 0.15) is 23.3 Å². The Morgan fingerprint density at radius 3 is 2.82 bits per heavy atom. The molecule has 0 bridgehead atoms. The average molecular weight is 236 g/mol. The van der Waals surface area contributed by atoms with Crippen molar-refractivity contribution in [2.45, 2.75) is 12.8 Å². The largest absolute Gasteiger partial charge is 0.339 e. The third-order valence-electron chi connectivity index (χ3n) is 2.54. The Labute approximate surface area is 99.5 Å². The number of hydrogen-bond acceptors (Lipinski definition) is 4. The molecule has 0 spiro atoms. The molecule has 1 aromatic heterocycles. The highest BCUT2D eigenvalue weighted by molar-refractivity contribution is 5.96. The number of carbonyl (C=O) groups excluding carboxylic acids is 1. The maximum absolute atomic E-state index is 12.1. The van der Waals surface area contributed by atoms with Crippen molar-refractivity contribution in [1.29, 1.82) is 0 Å². The van der Waals surface area contributed by atoms with Crippen LogP contribution in [0.3, 0.4) is 0 Å². The molecule has 0 saturated carbocycles. The number of H-pyrrole nitrogens is 1. The third-order valence-corrected chi connectivity index (χ3v) is 2.54. The smallest absolute Gasteiger partial charge is 0.274 e. The first-order valence-electron chi connectivity index (χ1n) is 5.60. The first-order chi connectivity index (χ1) is 8.18. The van der Waals surface area contributed by atoms with Gasteiger partial charge < -0.3 is 9.88 Å². The highest BCUT2D eigenvalue weighted by atomic mass is 16.2. The first-order valence-corrected chi connectivity index (χ1v) is 5.60. The average Bonchev–Trinajstić information content (AvgIpc) is 2.96. The van der Waals surface area contributed by atoms with Crippen LogP contribution < -0.4 is 0 Å². The zero-order chi connectivity index (χ0) is 12.3. The minimum absolute atomic E-state index is 0.0484. The normalized spacial score (nSPS) is 15.8. The SMILES string of the molecule is CN(C)/N=N/c1nc[nH]c1C(=O)N1CCCC1. The molecule has 92 valence electrons. The number of rotatable bonds is 3. The lowest BCUT2D eigenvalue weighted by Gasteiger charge is -2.13. The molecule has 1 aliphatic heterocycles. The number of aromatic amines is 1. The summed E-state index contributed by atoms with van der Waals surface area (Å²) in [6, 6.07) is 0. The van der Waals surface area contributed by atoms with E-state index in [1.165, 1.54) is 6.33 Å². The monoisotopic (exact) mass is 236 g/mol. The minimum atomic E-state index is -0.0484. The predicted octanol–water partition coefficient (Wildman–Crippen LogP) is 1.21. The second-order valence-corrected chi connectivity index (χ2v) is 4.14. The van der Waals surface area contributed by atoms with E-state index < -0.39 is 0 Å². The maximum Gasteiger partial charge on any atom is 0.274 e. The summed E-state index contributed by atoms with van der Waals surface area (Å²) in [5, 5.41) is 9.32. The quantitative estimate of drug-likeness (QED) is 0.633. The van der Waals surface area contributed by atoms with Crippen molar-refractivity contribution in [3.8, 4) is 0 Å². The molecule has 0 aliphatic carbocycles. The van der Waals surface area contributed by atoms with Crippen LogP contribution >= 0.6 is 0 Å². The van der Waals surface area contributed by atoms with Crippen LogP contribution in [0.5, 0.6) is 0 Å². The summed E-state index contributed by atoms with van der Waals surface area (Å²) in [4.78, 5) is 20.7. The van der Waals surface area contributed by atoms with Crippen molar-refractivity contribution in [1.82, 2.24) is 19.9 Å². The fourth-order valence-corrected chi connectivity index (χ4v) is 1.73. The second kappa shape index (κ2) is 4.94. The van der Waals surface area contributed by atoms with Gasteiger partial charge in [-0.2, -0.15) is 0 Å². The molecule has 0 atom stereocenters. The van der Waals surface area contributed by atoms with E-state index in [0.717, 1.165) is 25.9 Å². The molecule has 17 heavy (non-hydrogen) atoms. The highest BCUT2D eigenvalue weighted by Gasteiger charge is 2.23. The molecule has 1 aliphatic rings. The molecule has 7 heteroatoms. The molecule has 0 unspecified atom stereocenters. The summed E-state index contributed by atoms with van der Waals surface area (Å²) in [5.41, 5.74) is 0.414. The van der Waals surface area contributed by atoms with Gasteiger partial charge in [0.2, 0.25) is 5.82 Å². The molecular formula is C10H16N6O. The summed E-state index contributed by atoms with van der Waals surface area (Å²) < 4.78 is 0. The second-order valence-electron chi connectivity index (χ2n) is 4.14. The molecular weight excluding hydrogens is 220 g/mol. The number of aromatic nitrogens is 2. The van der Waals surface area contributed by atoms with Crippen LogP contribution in [-0.2, 0) is 0 Å². The van der Waals surface area contributed by atoms with E-state index >= 15 is 0 Å². The van der Waals surface area contributed by atoms with E-state index in [1.807, 2.05) is 4.90 Å². The predicted molar refractivity (Wildman–Crippen MR) is 61.9 cm³/mol. The Bertz CT molecular complexity index is 418. The molecule has 0 radical (unpaired) electrons. The van der Waals surface area contributed by atoms with Gasteiger partial charge in [0, 0.05) is 27.2 Å². The van der Waals surface area contributed by atoms with Crippen LogP contribution in [0, 0.1) is 0 Å². The van der Waals surface area contributed by atoms with Gasteiger partial charge in [-0.05, 0) is 12.8 Å². The van der Waals surface area contributed by atoms with Gasteiger partial charge in [0.15, 0.2) is 5.69 Å². The van der Waals surface area contributed by atoms with Gasteiger partial charge in [-0.25, -0.2) is 4.98 Å². The lowest BCUT2D eigenvalue weighted by Crippen LogP contribution is -2.27. The van der Waals surface area contributed by atoms with Gasteiger partial charge in [-0.3, -0.25) is 9.80 Å². The third kappa shape index (κ3) is 2.61. The van der Waals surface area contributed by atoms with E-state index in [0.29, 0.717) is 11.5 Å². The number of amides is 1. The van der Waals surface area contributed by atoms with E-state index in [4.69, 9.17) is 0 Å². The molecule has 7 nitrogen and oxygen atoms in total. The van der Waals surface area contributed by atoms with E-state index in [-0.39, 0.29) is 5.91 Å². The Hall–Kier alpha value is -1.92. The van der Waals surface area contributed by atoms with Crippen LogP contribution in [0.4, 0.5) is 5.82 Å². The molecule has 1 aromatic rings. The maximum atomic E-state index is 12.1. The highest BCUT2D eigenvalue weighted by Crippen LogP contribution is 2.19. The number of likely N-dealkylation sites (tertiary alicyclic amines) is 1. The molecule has 1 fully saturated rings. The van der Waals surface area contributed by atoms with Gasteiger partial charge in [0.05, 0.1) is 6.33 Å². The summed E-state index contributed by atoms with van der Waals surface area (Å²) >= 11 is 0. The van der Waals surface area contributed by atoms with Crippen molar-refractivity contribution < 1.29 is 4.79 Å². The number of imidazole rings is 1. The van der Waals surface area contributed by atoms with Gasteiger partial charge in [-0.1, -0.05) is 5.22 Å². The first kappa shape index (κ1) is 11.6. The number of carbonyl (C=O) groups is 1. The molecule has 1 N–H and O–H groups in total. The zero-order valence-electron chi connectivity index (χ0n) is 10.1. The van der Waals surface area contributed by atoms with Crippen molar-refractivity contribution in [2.75, 3.05) is 27.2 Å². The Kier molecular flexibility index (Phi) is 3.36. The van der Waals surface area contributed by atoms with Crippen molar-refractivity contribution in [3.63, 3.8) is 0 Å². The van der Waals surface area contributed by atoms with E-state index in [2.05, 4.69) is 20.3 Å². The number of nitrogens with one attached hydrogen (secondary N) is 1. The van der Waals surface area contributed by atoms with Gasteiger partial charge in [0.25, 0.3) is 5.91 Å². The molecule has 1 saturated heterocycles. The van der Waals surface area contributed by atoms with Gasteiger partial charge >= 0.3 is 0 Å². The fourth-order valence-electron chi connectivity index (χ4n) is 1.73. The van der Waals surface area contributed by atoms with E-state index in [9.17, 15) is 4.79 Å². The number of nitrogens with zero attached hydrogens (tertiary/aromatic N) is 5. The Morgan fingerprint density at radius 2 is 2.18 bits per heavy atom. The van der Waals surface area contributed by atoms with Crippen LogP contribution in [0.2, 0.25) is 0 Å². The number of hydrogen-bond donors (Lipinski definition) is 1. The van der Waals surface area contributed by atoms with Crippen molar-refractivity contribution >= 4 is 11.7 Å². The van der Waals surface area contributed by atoms with Crippen LogP contribution in [-0.4, -0.2) is 53.0 Å². The fraction of sp³-hybridized carbons (Fsp3) is 0.600. The van der Waals surface area contributed by atoms with Gasteiger partial charge in [0.1, 0.15) is 0 Å². The topological polar surface area (TPSA) is 77.0 Å². The lowest BCUT2D eigenvalue weighted by atomic mass is 10.4. The lowest BCUT2D eigenvalue weighted by molar-refractivity contribution is 0.0788. The van der Waals surface area contributed by atoms with Crippen molar-refractivity contribution in [2.24, 2.45) is 10.3 Å². The van der Waals surface area contributed by atoms with Crippen LogP contribution in [0.25, 0.3) is 0 Å². The molecule has 2 rings (SSSR count). The van der Waals surface area contributed by atoms with Gasteiger partial charge in [-0.15, -0.1) is 5.11 Å². The summed E-state index contributed by atoms with van der Waals surface area (Å²) in [7, 11) is 3.52. The minimum Gasteiger partial charge on any atom is -0.339 e. The van der Waals surface area contributed by atoms with Crippen molar-refractivity contribution in [3.05, 3.63) is 12.0 Å². The Morgan fingerprint density at radius 1 is 1.47 bits per heavy atom. The van der Waals surface area contributed by atoms with Crippen LogP contribution in [0.15, 0.2) is 16.7 Å². The summed E-state index contributed by atoms with van der Waals surface area (Å²) in [5.74, 6) is 0.295. The Balaban J connectivity index is 2.15. The summed E-state index contributed by atoms with van der Waals surface area (Å²) in [6.45, 7) is 1.62. The zero-order valence-corrected chi connectivity index (χ0v) is 10.1.